The van der Waals surface area contributed by atoms with Gasteiger partial charge in [-0.2, -0.15) is 0 Å². The Kier molecular flexibility index (Phi) is 8.66. The van der Waals surface area contributed by atoms with E-state index in [9.17, 15) is 17.6 Å². The summed E-state index contributed by atoms with van der Waals surface area (Å²) in [4.78, 5) is 12.4. The van der Waals surface area contributed by atoms with Crippen molar-refractivity contribution < 1.29 is 17.6 Å². The minimum Gasteiger partial charge on any atom is -0.382 e. The van der Waals surface area contributed by atoms with Crippen LogP contribution >= 0.6 is 0 Å². The molecule has 0 unspecified atom stereocenters. The van der Waals surface area contributed by atoms with E-state index in [1.165, 1.54) is 23.8 Å². The van der Waals surface area contributed by atoms with Gasteiger partial charge in [-0.1, -0.05) is 45.6 Å². The van der Waals surface area contributed by atoms with E-state index in [2.05, 4.69) is 68.7 Å². The van der Waals surface area contributed by atoms with E-state index in [-0.39, 0.29) is 35.2 Å². The van der Waals surface area contributed by atoms with Crippen LogP contribution < -0.4 is 15.4 Å². The van der Waals surface area contributed by atoms with E-state index in [4.69, 9.17) is 0 Å². The zero-order valence-electron chi connectivity index (χ0n) is 20.6. The van der Waals surface area contributed by atoms with Gasteiger partial charge in [0.15, 0.2) is 0 Å². The van der Waals surface area contributed by atoms with Gasteiger partial charge in [0.05, 0.1) is 11.9 Å². The van der Waals surface area contributed by atoms with Gasteiger partial charge in [0.1, 0.15) is 5.82 Å². The van der Waals surface area contributed by atoms with E-state index in [1.807, 2.05) is 6.07 Å². The fourth-order valence-corrected chi connectivity index (χ4v) is 3.85. The number of hydrogen-bond donors (Lipinski definition) is 3. The number of amides is 1. The van der Waals surface area contributed by atoms with Crippen molar-refractivity contribution in [3.05, 3.63) is 71.1 Å². The topological polar surface area (TPSA) is 87.3 Å². The summed E-state index contributed by atoms with van der Waals surface area (Å²) >= 11 is 0. The molecule has 2 rings (SSSR count). The Balaban J connectivity index is 2.17. The predicted octanol–water partition coefficient (Wildman–Crippen LogP) is 5.29. The van der Waals surface area contributed by atoms with E-state index >= 15 is 0 Å². The van der Waals surface area contributed by atoms with Crippen molar-refractivity contribution in [2.24, 2.45) is 0 Å². The first-order chi connectivity index (χ1) is 15.7. The van der Waals surface area contributed by atoms with Gasteiger partial charge in [0, 0.05) is 29.9 Å². The van der Waals surface area contributed by atoms with Crippen molar-refractivity contribution >= 4 is 39.5 Å². The second-order valence-corrected chi connectivity index (χ2v) is 11.3. The van der Waals surface area contributed by atoms with E-state index < -0.39 is 15.8 Å². The second kappa shape index (κ2) is 10.9. The smallest absolute Gasteiger partial charge is 0.244 e. The molecule has 2 aromatic carbocycles. The molecule has 0 bridgehead atoms. The lowest BCUT2D eigenvalue weighted by Gasteiger charge is -2.22. The Hall–Kier alpha value is -3.13. The fraction of sp³-hybridized carbons (Fsp3) is 0.346. The molecular formula is C26H34FN3O3S. The molecular weight excluding hydrogens is 453 g/mol. The standard InChI is InChI=1S/C26H34FN3O3S/c1-8-19-13-18(14-22(27)25(19)30-34(7,32)33)16-28-24(31)12-10-20-9-11-21(26(4,5)6)15-23(20)29-17(2)3/h8-15,17,29-30H,1,16H2,2-7H3,(H,28,31). The number of rotatable bonds is 9. The van der Waals surface area contributed by atoms with Gasteiger partial charge >= 0.3 is 0 Å². The summed E-state index contributed by atoms with van der Waals surface area (Å²) in [6.45, 7) is 14.2. The van der Waals surface area contributed by atoms with Gasteiger partial charge in [-0.15, -0.1) is 0 Å². The Bertz CT molecular complexity index is 1200. The zero-order chi connectivity index (χ0) is 25.7. The first-order valence-electron chi connectivity index (χ1n) is 11.0. The van der Waals surface area contributed by atoms with Gasteiger partial charge in [0.2, 0.25) is 15.9 Å². The highest BCUT2D eigenvalue weighted by Crippen LogP contribution is 2.28. The van der Waals surface area contributed by atoms with Crippen LogP contribution in [0.25, 0.3) is 12.2 Å². The van der Waals surface area contributed by atoms with Gasteiger partial charge in [-0.25, -0.2) is 12.8 Å². The Morgan fingerprint density at radius 3 is 2.38 bits per heavy atom. The molecule has 184 valence electrons. The molecule has 0 saturated carbocycles. The van der Waals surface area contributed by atoms with E-state index in [0.717, 1.165) is 17.5 Å². The van der Waals surface area contributed by atoms with Crippen LogP contribution in [0, 0.1) is 5.82 Å². The third-order valence-electron chi connectivity index (χ3n) is 4.93. The van der Waals surface area contributed by atoms with Crippen molar-refractivity contribution in [2.75, 3.05) is 16.3 Å². The highest BCUT2D eigenvalue weighted by molar-refractivity contribution is 7.92. The van der Waals surface area contributed by atoms with Crippen molar-refractivity contribution in [1.82, 2.24) is 5.32 Å². The largest absolute Gasteiger partial charge is 0.382 e. The van der Waals surface area contributed by atoms with Crippen molar-refractivity contribution in [3.8, 4) is 0 Å². The second-order valence-electron chi connectivity index (χ2n) is 9.52. The molecule has 0 saturated heterocycles. The number of sulfonamides is 1. The molecule has 0 aliphatic heterocycles. The fourth-order valence-electron chi connectivity index (χ4n) is 3.26. The normalized spacial score (nSPS) is 12.1. The molecule has 34 heavy (non-hydrogen) atoms. The first-order valence-corrected chi connectivity index (χ1v) is 12.9. The Labute approximate surface area is 202 Å². The maximum absolute atomic E-state index is 14.5. The van der Waals surface area contributed by atoms with E-state index in [0.29, 0.717) is 5.56 Å². The number of carbonyl (C=O) groups is 1. The quantitative estimate of drug-likeness (QED) is 0.420. The molecule has 2 aromatic rings. The Morgan fingerprint density at radius 2 is 1.82 bits per heavy atom. The maximum atomic E-state index is 14.5. The summed E-state index contributed by atoms with van der Waals surface area (Å²) in [6, 6.07) is 9.11. The van der Waals surface area contributed by atoms with Crippen LogP contribution in [-0.4, -0.2) is 26.6 Å². The molecule has 6 nitrogen and oxygen atoms in total. The third-order valence-corrected chi connectivity index (χ3v) is 5.51. The van der Waals surface area contributed by atoms with Crippen molar-refractivity contribution in [2.45, 2.75) is 52.6 Å². The molecule has 0 radical (unpaired) electrons. The van der Waals surface area contributed by atoms with Gasteiger partial charge in [0.25, 0.3) is 0 Å². The lowest BCUT2D eigenvalue weighted by molar-refractivity contribution is -0.116. The minimum atomic E-state index is -3.65. The van der Waals surface area contributed by atoms with Crippen LogP contribution in [0.1, 0.15) is 56.9 Å². The molecule has 0 spiro atoms. The van der Waals surface area contributed by atoms with Crippen LogP contribution in [0.5, 0.6) is 0 Å². The molecule has 0 aliphatic carbocycles. The number of nitrogens with one attached hydrogen (secondary N) is 3. The van der Waals surface area contributed by atoms with Gasteiger partial charge in [-0.3, -0.25) is 9.52 Å². The number of halogens is 1. The molecule has 1 amide bonds. The number of anilines is 2. The van der Waals surface area contributed by atoms with Crippen molar-refractivity contribution in [3.63, 3.8) is 0 Å². The summed E-state index contributed by atoms with van der Waals surface area (Å²) in [5.41, 5.74) is 3.60. The van der Waals surface area contributed by atoms with E-state index in [1.54, 1.807) is 12.1 Å². The van der Waals surface area contributed by atoms with Crippen molar-refractivity contribution in [1.29, 1.82) is 0 Å². The molecule has 0 aromatic heterocycles. The van der Waals surface area contributed by atoms with Crippen LogP contribution in [0.4, 0.5) is 15.8 Å². The number of carbonyl (C=O) groups excluding carboxylic acids is 1. The molecule has 3 N–H and O–H groups in total. The molecule has 0 atom stereocenters. The number of hydrogen-bond acceptors (Lipinski definition) is 4. The summed E-state index contributed by atoms with van der Waals surface area (Å²) < 4.78 is 39.6. The lowest BCUT2D eigenvalue weighted by Crippen LogP contribution is -2.21. The lowest BCUT2D eigenvalue weighted by atomic mass is 9.86. The highest BCUT2D eigenvalue weighted by Gasteiger charge is 2.16. The average molecular weight is 488 g/mol. The molecule has 0 heterocycles. The molecule has 8 heteroatoms. The van der Waals surface area contributed by atoms with Crippen LogP contribution in [0.3, 0.4) is 0 Å². The monoisotopic (exact) mass is 487 g/mol. The maximum Gasteiger partial charge on any atom is 0.244 e. The summed E-state index contributed by atoms with van der Waals surface area (Å²) in [5.74, 6) is -1.08. The first kappa shape index (κ1) is 27.1. The van der Waals surface area contributed by atoms with Crippen LogP contribution in [0.15, 0.2) is 43.0 Å². The van der Waals surface area contributed by atoms with Crippen LogP contribution in [0.2, 0.25) is 0 Å². The van der Waals surface area contributed by atoms with Gasteiger partial charge < -0.3 is 10.6 Å². The molecule has 0 fully saturated rings. The zero-order valence-corrected chi connectivity index (χ0v) is 21.4. The summed E-state index contributed by atoms with van der Waals surface area (Å²) in [6.07, 6.45) is 5.47. The average Bonchev–Trinajstić information content (AvgIpc) is 2.70. The van der Waals surface area contributed by atoms with Gasteiger partial charge in [-0.05, 0) is 60.2 Å². The highest BCUT2D eigenvalue weighted by atomic mass is 32.2. The van der Waals surface area contributed by atoms with Crippen LogP contribution in [-0.2, 0) is 26.8 Å². The summed E-state index contributed by atoms with van der Waals surface area (Å²) in [5, 5.41) is 6.15. The predicted molar refractivity (Wildman–Crippen MR) is 140 cm³/mol. The Morgan fingerprint density at radius 1 is 1.15 bits per heavy atom. The minimum absolute atomic E-state index is 0.00101. The summed E-state index contributed by atoms with van der Waals surface area (Å²) in [7, 11) is -3.65. The SMILES string of the molecule is C=Cc1cc(CNC(=O)C=Cc2ccc(C(C)(C)C)cc2NC(C)C)cc(F)c1NS(C)(=O)=O. The third kappa shape index (κ3) is 8.02. The molecule has 0 aliphatic rings. The number of benzene rings is 2.